The fourth-order valence-corrected chi connectivity index (χ4v) is 4.77. The van der Waals surface area contributed by atoms with Crippen LogP contribution in [-0.2, 0) is 24.3 Å². The van der Waals surface area contributed by atoms with E-state index in [9.17, 15) is 18.0 Å². The molecule has 158 valence electrons. The number of hydrogen-bond acceptors (Lipinski definition) is 7. The number of para-hydroxylation sites is 2. The van der Waals surface area contributed by atoms with Crippen LogP contribution in [0.1, 0.15) is 0 Å². The maximum atomic E-state index is 12.7. The lowest BCUT2D eigenvalue weighted by molar-refractivity contribution is -0.133. The molecule has 2 aromatic rings. The Kier molecular flexibility index (Phi) is 5.71. The molecule has 1 fully saturated rings. The molecule has 0 saturated carbocycles. The largest absolute Gasteiger partial charge is 0.423 e. The van der Waals surface area contributed by atoms with Gasteiger partial charge in [-0.25, -0.2) is 13.2 Å². The van der Waals surface area contributed by atoms with Gasteiger partial charge >= 0.3 is 5.97 Å². The maximum absolute atomic E-state index is 12.7. The Balaban J connectivity index is 1.41. The Morgan fingerprint density at radius 2 is 1.73 bits per heavy atom. The van der Waals surface area contributed by atoms with Gasteiger partial charge in [0.1, 0.15) is 6.54 Å². The van der Waals surface area contributed by atoms with Gasteiger partial charge in [0.25, 0.3) is 0 Å². The number of hydrogen-bond donors (Lipinski definition) is 1. The number of fused-ring (bicyclic) bond motifs is 1. The van der Waals surface area contributed by atoms with Crippen molar-refractivity contribution in [1.29, 1.82) is 0 Å². The predicted octanol–water partition coefficient (Wildman–Crippen LogP) is 1.07. The number of nitrogens with zero attached hydrogens (tertiary/aromatic N) is 2. The van der Waals surface area contributed by atoms with Crippen molar-refractivity contribution in [1.82, 2.24) is 4.31 Å². The number of carbonyl (C=O) groups is 2. The molecule has 10 heteroatoms. The lowest BCUT2D eigenvalue weighted by atomic mass is 10.2. The zero-order chi connectivity index (χ0) is 21.1. The molecule has 30 heavy (non-hydrogen) atoms. The summed E-state index contributed by atoms with van der Waals surface area (Å²) in [5.41, 5.74) is 1.13. The number of sulfonamides is 1. The molecule has 2 heterocycles. The molecular formula is C20H21N3O6S. The average Bonchev–Trinajstić information content (AvgIpc) is 2.74. The summed E-state index contributed by atoms with van der Waals surface area (Å²) in [6.45, 7) is 1.32. The van der Waals surface area contributed by atoms with Gasteiger partial charge in [0, 0.05) is 18.8 Å². The molecule has 2 aliphatic heterocycles. The number of esters is 1. The standard InChI is InChI=1S/C20H21N3O6S/c24-19(13-22-14-20(25)29-18-4-2-1-3-17(18)22)21-15-5-7-16(8-6-15)30(26,27)23-9-11-28-12-10-23/h1-8H,9-14H2,(H,21,24). The fraction of sp³-hybridized carbons (Fsp3) is 0.300. The lowest BCUT2D eigenvalue weighted by Gasteiger charge is -2.29. The van der Waals surface area contributed by atoms with Gasteiger partial charge in [-0.3, -0.25) is 4.79 Å². The highest BCUT2D eigenvalue weighted by atomic mass is 32.2. The SMILES string of the molecule is O=C(CN1CC(=O)Oc2ccccc21)Nc1ccc(S(=O)(=O)N2CCOCC2)cc1. The Labute approximate surface area is 174 Å². The first-order chi connectivity index (χ1) is 14.4. The average molecular weight is 431 g/mol. The highest BCUT2D eigenvalue weighted by Gasteiger charge is 2.27. The van der Waals surface area contributed by atoms with Crippen LogP contribution in [0.3, 0.4) is 0 Å². The smallest absolute Gasteiger partial charge is 0.331 e. The van der Waals surface area contributed by atoms with Crippen LogP contribution in [0.15, 0.2) is 53.4 Å². The highest BCUT2D eigenvalue weighted by Crippen LogP contribution is 2.31. The molecule has 9 nitrogen and oxygen atoms in total. The number of nitrogens with one attached hydrogen (secondary N) is 1. The second-order valence-electron chi connectivity index (χ2n) is 6.89. The molecule has 0 atom stereocenters. The van der Waals surface area contributed by atoms with E-state index in [1.54, 1.807) is 41.3 Å². The van der Waals surface area contributed by atoms with Gasteiger partial charge in [0.05, 0.1) is 30.3 Å². The summed E-state index contributed by atoms with van der Waals surface area (Å²) in [7, 11) is -3.59. The molecule has 0 radical (unpaired) electrons. The molecule has 0 bridgehead atoms. The minimum atomic E-state index is -3.59. The second-order valence-corrected chi connectivity index (χ2v) is 8.82. The number of ether oxygens (including phenoxy) is 2. The first-order valence-corrected chi connectivity index (χ1v) is 10.9. The summed E-state index contributed by atoms with van der Waals surface area (Å²) in [5.74, 6) is -0.346. The highest BCUT2D eigenvalue weighted by molar-refractivity contribution is 7.89. The van der Waals surface area contributed by atoms with Gasteiger partial charge in [0.15, 0.2) is 5.75 Å². The van der Waals surface area contributed by atoms with Crippen molar-refractivity contribution in [3.8, 4) is 5.75 Å². The Morgan fingerprint density at radius 1 is 1.03 bits per heavy atom. The molecule has 1 N–H and O–H groups in total. The van der Waals surface area contributed by atoms with Crippen molar-refractivity contribution in [3.05, 3.63) is 48.5 Å². The van der Waals surface area contributed by atoms with Crippen molar-refractivity contribution < 1.29 is 27.5 Å². The fourth-order valence-electron chi connectivity index (χ4n) is 3.36. The molecule has 0 aromatic heterocycles. The van der Waals surface area contributed by atoms with E-state index in [-0.39, 0.29) is 23.9 Å². The van der Waals surface area contributed by atoms with Crippen molar-refractivity contribution in [2.45, 2.75) is 4.90 Å². The molecule has 0 aliphatic carbocycles. The molecule has 2 aliphatic rings. The monoisotopic (exact) mass is 431 g/mol. The minimum Gasteiger partial charge on any atom is -0.423 e. The van der Waals surface area contributed by atoms with Crippen molar-refractivity contribution in [2.75, 3.05) is 49.6 Å². The third-order valence-electron chi connectivity index (χ3n) is 4.83. The molecule has 0 spiro atoms. The van der Waals surface area contributed by atoms with Crippen LogP contribution in [0.25, 0.3) is 0 Å². The topological polar surface area (TPSA) is 105 Å². The van der Waals surface area contributed by atoms with Crippen LogP contribution in [-0.4, -0.2) is 64.0 Å². The Bertz CT molecular complexity index is 1050. The summed E-state index contributed by atoms with van der Waals surface area (Å²) in [6.07, 6.45) is 0. The van der Waals surface area contributed by atoms with Crippen molar-refractivity contribution in [2.24, 2.45) is 0 Å². The summed E-state index contributed by atoms with van der Waals surface area (Å²) >= 11 is 0. The number of benzene rings is 2. The van der Waals surface area contributed by atoms with Gasteiger partial charge in [-0.1, -0.05) is 12.1 Å². The first-order valence-electron chi connectivity index (χ1n) is 9.46. The quantitative estimate of drug-likeness (QED) is 0.558. The van der Waals surface area contributed by atoms with E-state index in [2.05, 4.69) is 5.32 Å². The van der Waals surface area contributed by atoms with Crippen LogP contribution < -0.4 is 15.0 Å². The van der Waals surface area contributed by atoms with Crippen LogP contribution in [0.2, 0.25) is 0 Å². The van der Waals surface area contributed by atoms with Gasteiger partial charge in [-0.05, 0) is 36.4 Å². The molecule has 1 saturated heterocycles. The van der Waals surface area contributed by atoms with Crippen molar-refractivity contribution in [3.63, 3.8) is 0 Å². The van der Waals surface area contributed by atoms with E-state index in [0.29, 0.717) is 43.4 Å². The van der Waals surface area contributed by atoms with Crippen LogP contribution in [0, 0.1) is 0 Å². The molecular weight excluding hydrogens is 410 g/mol. The molecule has 4 rings (SSSR count). The normalized spacial score (nSPS) is 17.2. The van der Waals surface area contributed by atoms with Gasteiger partial charge in [-0.15, -0.1) is 0 Å². The third kappa shape index (κ3) is 4.30. The van der Waals surface area contributed by atoms with Crippen LogP contribution in [0.5, 0.6) is 5.75 Å². The van der Waals surface area contributed by atoms with E-state index in [1.807, 2.05) is 0 Å². The minimum absolute atomic E-state index is 0.0266. The van der Waals surface area contributed by atoms with Crippen molar-refractivity contribution >= 4 is 33.3 Å². The molecule has 2 aromatic carbocycles. The maximum Gasteiger partial charge on any atom is 0.331 e. The molecule has 1 amide bonds. The number of carbonyl (C=O) groups excluding carboxylic acids is 2. The summed E-state index contributed by atoms with van der Waals surface area (Å²) in [4.78, 5) is 26.0. The number of rotatable bonds is 5. The van der Waals surface area contributed by atoms with Gasteiger partial charge in [0.2, 0.25) is 15.9 Å². The van der Waals surface area contributed by atoms with Gasteiger partial charge < -0.3 is 19.7 Å². The molecule has 0 unspecified atom stereocenters. The van der Waals surface area contributed by atoms with E-state index in [1.165, 1.54) is 16.4 Å². The second kappa shape index (κ2) is 8.42. The summed E-state index contributed by atoms with van der Waals surface area (Å²) < 4.78 is 37.1. The van der Waals surface area contributed by atoms with E-state index in [4.69, 9.17) is 9.47 Å². The van der Waals surface area contributed by atoms with E-state index >= 15 is 0 Å². The Morgan fingerprint density at radius 3 is 2.47 bits per heavy atom. The van der Waals surface area contributed by atoms with Gasteiger partial charge in [-0.2, -0.15) is 4.31 Å². The zero-order valence-electron chi connectivity index (χ0n) is 16.1. The van der Waals surface area contributed by atoms with E-state index < -0.39 is 16.0 Å². The third-order valence-corrected chi connectivity index (χ3v) is 6.74. The van der Waals surface area contributed by atoms with Crippen LogP contribution >= 0.6 is 0 Å². The number of morpholine rings is 1. The summed E-state index contributed by atoms with van der Waals surface area (Å²) in [5, 5.41) is 2.73. The summed E-state index contributed by atoms with van der Waals surface area (Å²) in [6, 6.07) is 13.0. The lowest BCUT2D eigenvalue weighted by Crippen LogP contribution is -2.41. The number of amides is 1. The first kappa shape index (κ1) is 20.3. The van der Waals surface area contributed by atoms with E-state index in [0.717, 1.165) is 0 Å². The Hall–Kier alpha value is -2.95. The zero-order valence-corrected chi connectivity index (χ0v) is 16.9. The number of anilines is 2. The predicted molar refractivity (Wildman–Crippen MR) is 109 cm³/mol. The van der Waals surface area contributed by atoms with Crippen LogP contribution in [0.4, 0.5) is 11.4 Å².